The molecule has 0 aliphatic carbocycles. The first kappa shape index (κ1) is 19.0. The summed E-state index contributed by atoms with van der Waals surface area (Å²) < 4.78 is 8.50. The second-order valence-electron chi connectivity index (χ2n) is 6.89. The van der Waals surface area contributed by atoms with Gasteiger partial charge in [-0.3, -0.25) is 10.1 Å². The van der Waals surface area contributed by atoms with E-state index >= 15 is 0 Å². The number of thiazole rings is 1. The minimum absolute atomic E-state index is 0.154. The summed E-state index contributed by atoms with van der Waals surface area (Å²) in [6, 6.07) is 13.1. The van der Waals surface area contributed by atoms with Crippen LogP contribution in [0.3, 0.4) is 0 Å². The fourth-order valence-electron chi connectivity index (χ4n) is 2.81. The Morgan fingerprint density at radius 1 is 1.21 bits per heavy atom. The van der Waals surface area contributed by atoms with Crippen molar-refractivity contribution in [3.63, 3.8) is 0 Å². The molecule has 0 spiro atoms. The number of nitrogens with one attached hydrogen (secondary N) is 1. The average molecular weight is 408 g/mol. The van der Waals surface area contributed by atoms with Gasteiger partial charge in [-0.2, -0.15) is 0 Å². The van der Waals surface area contributed by atoms with Gasteiger partial charge in [-0.25, -0.2) is 9.67 Å². The monoisotopic (exact) mass is 408 g/mol. The molecule has 29 heavy (non-hydrogen) atoms. The van der Waals surface area contributed by atoms with Gasteiger partial charge in [-0.05, 0) is 73.2 Å². The van der Waals surface area contributed by atoms with Gasteiger partial charge in [0.1, 0.15) is 12.4 Å². The maximum Gasteiger partial charge on any atom is 0.257 e. The lowest BCUT2D eigenvalue weighted by atomic mass is 10.2. The maximum atomic E-state index is 12.5. The summed E-state index contributed by atoms with van der Waals surface area (Å²) in [5, 5.41) is 15.0. The summed E-state index contributed by atoms with van der Waals surface area (Å²) in [4.78, 5) is 17.0. The highest BCUT2D eigenvalue weighted by Crippen LogP contribution is 2.27. The number of ether oxygens (including phenoxy) is 1. The van der Waals surface area contributed by atoms with E-state index in [1.165, 1.54) is 11.3 Å². The van der Waals surface area contributed by atoms with Crippen LogP contribution in [-0.2, 0) is 6.61 Å². The largest absolute Gasteiger partial charge is 0.486 e. The van der Waals surface area contributed by atoms with Crippen LogP contribution >= 0.6 is 11.3 Å². The Hall–Kier alpha value is -3.33. The number of benzene rings is 2. The average Bonchev–Trinajstić information content (AvgIpc) is 3.32. The Labute approximate surface area is 171 Å². The van der Waals surface area contributed by atoms with Crippen LogP contribution < -0.4 is 10.1 Å². The van der Waals surface area contributed by atoms with Crippen molar-refractivity contribution in [1.82, 2.24) is 25.2 Å². The molecule has 0 aliphatic heterocycles. The minimum Gasteiger partial charge on any atom is -0.486 e. The van der Waals surface area contributed by atoms with Gasteiger partial charge in [-0.1, -0.05) is 17.4 Å². The Balaban J connectivity index is 1.40. The molecule has 4 rings (SSSR count). The fraction of sp³-hybridized carbons (Fsp3) is 0.250. The number of carbonyl (C=O) groups excluding carboxylic acids is 1. The lowest BCUT2D eigenvalue weighted by Gasteiger charge is -2.09. The van der Waals surface area contributed by atoms with Crippen molar-refractivity contribution in [3.8, 4) is 5.75 Å². The van der Waals surface area contributed by atoms with Crippen molar-refractivity contribution in [3.05, 3.63) is 59.4 Å². The van der Waals surface area contributed by atoms with Crippen LogP contribution in [0, 0.1) is 6.92 Å². The molecule has 0 unspecified atom stereocenters. The second kappa shape index (κ2) is 7.96. The topological polar surface area (TPSA) is 94.8 Å². The van der Waals surface area contributed by atoms with E-state index in [4.69, 9.17) is 4.74 Å². The smallest absolute Gasteiger partial charge is 0.257 e. The molecule has 0 saturated carbocycles. The Kier molecular flexibility index (Phi) is 5.22. The van der Waals surface area contributed by atoms with Crippen molar-refractivity contribution in [2.45, 2.75) is 33.4 Å². The van der Waals surface area contributed by atoms with Crippen molar-refractivity contribution >= 4 is 32.6 Å². The lowest BCUT2D eigenvalue weighted by molar-refractivity contribution is 0.102. The van der Waals surface area contributed by atoms with Gasteiger partial charge < -0.3 is 4.74 Å². The molecule has 0 fully saturated rings. The predicted molar refractivity (Wildman–Crippen MR) is 111 cm³/mol. The van der Waals surface area contributed by atoms with E-state index in [-0.39, 0.29) is 18.6 Å². The number of tetrazole rings is 1. The highest BCUT2D eigenvalue weighted by Gasteiger charge is 2.12. The van der Waals surface area contributed by atoms with Crippen LogP contribution in [0.5, 0.6) is 5.75 Å². The standard InChI is InChI=1S/C20H20N6O2S/c1-12(2)26-18(23-24-25-26)11-28-15-7-5-14(6-8-15)19(27)22-20-21-16-9-4-13(3)10-17(16)29-20/h4-10,12H,11H2,1-3H3,(H,21,22,27). The van der Waals surface area contributed by atoms with E-state index in [1.54, 1.807) is 28.9 Å². The third-order valence-electron chi connectivity index (χ3n) is 4.30. The summed E-state index contributed by atoms with van der Waals surface area (Å²) >= 11 is 1.46. The van der Waals surface area contributed by atoms with Crippen LogP contribution in [0.1, 0.15) is 41.6 Å². The van der Waals surface area contributed by atoms with Crippen molar-refractivity contribution in [2.24, 2.45) is 0 Å². The molecule has 148 valence electrons. The minimum atomic E-state index is -0.212. The molecule has 0 bridgehead atoms. The van der Waals surface area contributed by atoms with Gasteiger partial charge in [0.2, 0.25) is 0 Å². The molecule has 0 aliphatic rings. The van der Waals surface area contributed by atoms with Crippen molar-refractivity contribution in [2.75, 3.05) is 5.32 Å². The number of nitrogens with zero attached hydrogens (tertiary/aromatic N) is 5. The van der Waals surface area contributed by atoms with Crippen LogP contribution in [0.4, 0.5) is 5.13 Å². The van der Waals surface area contributed by atoms with Gasteiger partial charge in [0, 0.05) is 5.56 Å². The first-order valence-electron chi connectivity index (χ1n) is 9.18. The van der Waals surface area contributed by atoms with Crippen LogP contribution in [0.15, 0.2) is 42.5 Å². The number of aromatic nitrogens is 5. The Morgan fingerprint density at radius 3 is 2.76 bits per heavy atom. The Morgan fingerprint density at radius 2 is 2.00 bits per heavy atom. The molecule has 4 aromatic rings. The highest BCUT2D eigenvalue weighted by atomic mass is 32.1. The molecule has 8 nitrogen and oxygen atoms in total. The zero-order chi connectivity index (χ0) is 20.4. The van der Waals surface area contributed by atoms with Gasteiger partial charge in [0.15, 0.2) is 11.0 Å². The molecule has 0 radical (unpaired) electrons. The highest BCUT2D eigenvalue weighted by molar-refractivity contribution is 7.22. The number of aryl methyl sites for hydroxylation is 1. The van der Waals surface area contributed by atoms with Gasteiger partial charge in [0.05, 0.1) is 16.3 Å². The van der Waals surface area contributed by atoms with E-state index in [1.807, 2.05) is 32.9 Å². The van der Waals surface area contributed by atoms with Crippen molar-refractivity contribution < 1.29 is 9.53 Å². The molecule has 1 N–H and O–H groups in total. The molecule has 2 heterocycles. The summed E-state index contributed by atoms with van der Waals surface area (Å²) in [7, 11) is 0. The molecule has 2 aromatic carbocycles. The molecule has 0 atom stereocenters. The number of rotatable bonds is 6. The van der Waals surface area contributed by atoms with Gasteiger partial charge in [0.25, 0.3) is 5.91 Å². The van der Waals surface area contributed by atoms with E-state index in [2.05, 4.69) is 31.9 Å². The van der Waals surface area contributed by atoms with Gasteiger partial charge >= 0.3 is 0 Å². The van der Waals surface area contributed by atoms with Crippen LogP contribution in [-0.4, -0.2) is 31.1 Å². The van der Waals surface area contributed by atoms with Gasteiger partial charge in [-0.15, -0.1) is 5.10 Å². The summed E-state index contributed by atoms with van der Waals surface area (Å²) in [6.45, 7) is 6.28. The first-order chi connectivity index (χ1) is 14.0. The first-order valence-corrected chi connectivity index (χ1v) is 9.99. The van der Waals surface area contributed by atoms with E-state index in [9.17, 15) is 4.79 Å². The maximum absolute atomic E-state index is 12.5. The zero-order valence-electron chi connectivity index (χ0n) is 16.3. The van der Waals surface area contributed by atoms with Crippen LogP contribution in [0.25, 0.3) is 10.2 Å². The van der Waals surface area contributed by atoms with Crippen molar-refractivity contribution in [1.29, 1.82) is 0 Å². The SMILES string of the molecule is Cc1ccc2nc(NC(=O)c3ccc(OCc4nnnn4C(C)C)cc3)sc2c1. The molecule has 9 heteroatoms. The number of fused-ring (bicyclic) bond motifs is 1. The third-order valence-corrected chi connectivity index (χ3v) is 5.23. The summed E-state index contributed by atoms with van der Waals surface area (Å²) in [5.41, 5.74) is 2.57. The third kappa shape index (κ3) is 4.24. The quantitative estimate of drug-likeness (QED) is 0.518. The number of hydrogen-bond donors (Lipinski definition) is 1. The van der Waals surface area contributed by atoms with E-state index in [0.29, 0.717) is 22.3 Å². The molecule has 0 saturated heterocycles. The number of amides is 1. The second-order valence-corrected chi connectivity index (χ2v) is 7.92. The molecular formula is C20H20N6O2S. The molecule has 2 aromatic heterocycles. The van der Waals surface area contributed by atoms with Crippen LogP contribution in [0.2, 0.25) is 0 Å². The molecular weight excluding hydrogens is 388 g/mol. The summed E-state index contributed by atoms with van der Waals surface area (Å²) in [6.07, 6.45) is 0. The molecule has 1 amide bonds. The lowest BCUT2D eigenvalue weighted by Crippen LogP contribution is -2.12. The van der Waals surface area contributed by atoms with E-state index < -0.39 is 0 Å². The predicted octanol–water partition coefficient (Wildman–Crippen LogP) is 4.00. The summed E-state index contributed by atoms with van der Waals surface area (Å²) in [5.74, 6) is 1.07. The number of hydrogen-bond acceptors (Lipinski definition) is 7. The van der Waals surface area contributed by atoms with E-state index in [0.717, 1.165) is 15.8 Å². The number of anilines is 1. The number of carbonyl (C=O) groups is 1. The fourth-order valence-corrected chi connectivity index (χ4v) is 3.77. The zero-order valence-corrected chi connectivity index (χ0v) is 17.1. The Bertz CT molecular complexity index is 1150. The normalized spacial score (nSPS) is 11.2.